The Hall–Kier alpha value is -2.60. The number of rotatable bonds is 6. The molecule has 1 fully saturated rings. The van der Waals surface area contributed by atoms with E-state index in [0.717, 1.165) is 28.3 Å². The monoisotopic (exact) mass is 370 g/mol. The van der Waals surface area contributed by atoms with Gasteiger partial charge in [0.2, 0.25) is 0 Å². The van der Waals surface area contributed by atoms with Crippen LogP contribution < -0.4 is 20.1 Å². The summed E-state index contributed by atoms with van der Waals surface area (Å²) in [6.45, 7) is 4.54. The number of ether oxygens (including phenoxy) is 2. The van der Waals surface area contributed by atoms with Crippen LogP contribution in [0.1, 0.15) is 18.1 Å². The molecular weight excluding hydrogens is 348 g/mol. The Morgan fingerprint density at radius 1 is 1.23 bits per heavy atom. The highest BCUT2D eigenvalue weighted by Crippen LogP contribution is 2.34. The maximum atomic E-state index is 12.4. The van der Waals surface area contributed by atoms with Gasteiger partial charge in [-0.25, -0.2) is 0 Å². The van der Waals surface area contributed by atoms with E-state index in [1.54, 1.807) is 7.11 Å². The number of nitrogens with one attached hydrogen (secondary N) is 2. The molecule has 2 aromatic carbocycles. The van der Waals surface area contributed by atoms with Crippen LogP contribution in [0.2, 0.25) is 0 Å². The molecule has 2 N–H and O–H groups in total. The fourth-order valence-corrected chi connectivity index (χ4v) is 3.64. The summed E-state index contributed by atoms with van der Waals surface area (Å²) in [5.41, 5.74) is 2.59. The predicted octanol–water partition coefficient (Wildman–Crippen LogP) is 4.00. The summed E-state index contributed by atoms with van der Waals surface area (Å²) in [4.78, 5) is 13.0. The maximum absolute atomic E-state index is 12.4. The molecule has 1 aliphatic rings. The number of thioether (sulfide) groups is 1. The third-order valence-corrected chi connectivity index (χ3v) is 4.91. The lowest BCUT2D eigenvalue weighted by Gasteiger charge is -2.16. The van der Waals surface area contributed by atoms with E-state index < -0.39 is 0 Å². The van der Waals surface area contributed by atoms with E-state index in [9.17, 15) is 4.79 Å². The van der Waals surface area contributed by atoms with Gasteiger partial charge in [0.1, 0.15) is 11.5 Å². The molecule has 0 radical (unpaired) electrons. The van der Waals surface area contributed by atoms with E-state index in [-0.39, 0.29) is 11.4 Å². The molecule has 1 amide bonds. The van der Waals surface area contributed by atoms with Gasteiger partial charge in [0, 0.05) is 5.56 Å². The van der Waals surface area contributed by atoms with Crippen LogP contribution in [0.15, 0.2) is 47.4 Å². The fourth-order valence-electron chi connectivity index (χ4n) is 2.67. The standard InChI is InChI=1S/C20H22N2O3S/c1-4-25-16-8-6-5-7-14(16)12-18-19(23)22-20(26-18)21-15-11-13(2)9-10-17(15)24-3/h5-12,20-21H,4H2,1-3H3,(H,22,23)/b18-12-. The van der Waals surface area contributed by atoms with Crippen molar-refractivity contribution >= 4 is 29.4 Å². The van der Waals surface area contributed by atoms with Crippen molar-refractivity contribution in [1.29, 1.82) is 0 Å². The van der Waals surface area contributed by atoms with Crippen molar-refractivity contribution in [1.82, 2.24) is 5.32 Å². The minimum Gasteiger partial charge on any atom is -0.495 e. The number of para-hydroxylation sites is 1. The molecule has 6 heteroatoms. The zero-order chi connectivity index (χ0) is 18.5. The quantitative estimate of drug-likeness (QED) is 0.753. The van der Waals surface area contributed by atoms with E-state index in [1.165, 1.54) is 11.8 Å². The van der Waals surface area contributed by atoms with Crippen molar-refractivity contribution < 1.29 is 14.3 Å². The molecule has 0 aromatic heterocycles. The lowest BCUT2D eigenvalue weighted by molar-refractivity contribution is -0.116. The summed E-state index contributed by atoms with van der Waals surface area (Å²) >= 11 is 1.44. The highest BCUT2D eigenvalue weighted by atomic mass is 32.2. The van der Waals surface area contributed by atoms with Gasteiger partial charge >= 0.3 is 0 Å². The summed E-state index contributed by atoms with van der Waals surface area (Å²) in [6, 6.07) is 13.6. The number of aryl methyl sites for hydroxylation is 1. The summed E-state index contributed by atoms with van der Waals surface area (Å²) in [5, 5.41) is 6.26. The van der Waals surface area contributed by atoms with Crippen LogP contribution in [-0.4, -0.2) is 25.1 Å². The molecular formula is C20H22N2O3S. The molecule has 26 heavy (non-hydrogen) atoms. The van der Waals surface area contributed by atoms with E-state index >= 15 is 0 Å². The first kappa shape index (κ1) is 18.2. The van der Waals surface area contributed by atoms with Gasteiger partial charge in [-0.2, -0.15) is 0 Å². The largest absolute Gasteiger partial charge is 0.495 e. The summed E-state index contributed by atoms with van der Waals surface area (Å²) in [5.74, 6) is 1.41. The molecule has 5 nitrogen and oxygen atoms in total. The summed E-state index contributed by atoms with van der Waals surface area (Å²) in [6.07, 6.45) is 1.86. The fraction of sp³-hybridized carbons (Fsp3) is 0.250. The van der Waals surface area contributed by atoms with E-state index in [0.29, 0.717) is 11.5 Å². The maximum Gasteiger partial charge on any atom is 0.260 e. The van der Waals surface area contributed by atoms with Crippen molar-refractivity contribution in [2.24, 2.45) is 0 Å². The minimum atomic E-state index is -0.260. The Labute approximate surface area is 157 Å². The smallest absolute Gasteiger partial charge is 0.260 e. The van der Waals surface area contributed by atoms with Gasteiger partial charge < -0.3 is 20.1 Å². The Kier molecular flexibility index (Phi) is 5.73. The molecule has 0 bridgehead atoms. The summed E-state index contributed by atoms with van der Waals surface area (Å²) in [7, 11) is 1.63. The number of amides is 1. The molecule has 2 aromatic rings. The molecule has 1 aliphatic heterocycles. The van der Waals surface area contributed by atoms with Crippen LogP contribution in [0.25, 0.3) is 6.08 Å². The van der Waals surface area contributed by atoms with Crippen LogP contribution in [0.4, 0.5) is 5.69 Å². The zero-order valence-corrected chi connectivity index (χ0v) is 15.9. The summed E-state index contributed by atoms with van der Waals surface area (Å²) < 4.78 is 11.0. The molecule has 0 aliphatic carbocycles. The first-order valence-electron chi connectivity index (χ1n) is 8.43. The van der Waals surface area contributed by atoms with Crippen molar-refractivity contribution in [3.05, 3.63) is 58.5 Å². The highest BCUT2D eigenvalue weighted by molar-refractivity contribution is 8.05. The predicted molar refractivity (Wildman–Crippen MR) is 106 cm³/mol. The van der Waals surface area contributed by atoms with Crippen LogP contribution >= 0.6 is 11.8 Å². The van der Waals surface area contributed by atoms with Crippen LogP contribution in [0.3, 0.4) is 0 Å². The number of hydrogen-bond acceptors (Lipinski definition) is 5. The van der Waals surface area contributed by atoms with E-state index in [4.69, 9.17) is 9.47 Å². The van der Waals surface area contributed by atoms with Gasteiger partial charge in [0.05, 0.1) is 24.3 Å². The normalized spacial score (nSPS) is 17.9. The first-order valence-corrected chi connectivity index (χ1v) is 9.31. The molecule has 136 valence electrons. The molecule has 0 saturated carbocycles. The zero-order valence-electron chi connectivity index (χ0n) is 15.0. The first-order chi connectivity index (χ1) is 12.6. The van der Waals surface area contributed by atoms with Crippen LogP contribution in [0.5, 0.6) is 11.5 Å². The molecule has 1 unspecified atom stereocenters. The number of hydrogen-bond donors (Lipinski definition) is 2. The van der Waals surface area contributed by atoms with Crippen molar-refractivity contribution in [3.8, 4) is 11.5 Å². The lowest BCUT2D eigenvalue weighted by Crippen LogP contribution is -2.31. The van der Waals surface area contributed by atoms with Gasteiger partial charge in [0.15, 0.2) is 5.50 Å². The van der Waals surface area contributed by atoms with E-state index in [1.807, 2.05) is 62.4 Å². The van der Waals surface area contributed by atoms with Crippen molar-refractivity contribution in [3.63, 3.8) is 0 Å². The Balaban J connectivity index is 1.78. The Morgan fingerprint density at radius 3 is 2.81 bits per heavy atom. The second-order valence-corrected chi connectivity index (χ2v) is 6.95. The molecule has 1 atom stereocenters. The van der Waals surface area contributed by atoms with Crippen molar-refractivity contribution in [2.75, 3.05) is 19.0 Å². The van der Waals surface area contributed by atoms with Gasteiger partial charge in [-0.1, -0.05) is 36.0 Å². The second-order valence-electron chi connectivity index (χ2n) is 5.80. The van der Waals surface area contributed by atoms with Gasteiger partial charge in [-0.15, -0.1) is 0 Å². The average Bonchev–Trinajstić information content (AvgIpc) is 2.96. The number of carbonyl (C=O) groups is 1. The number of carbonyl (C=O) groups excluding carboxylic acids is 1. The highest BCUT2D eigenvalue weighted by Gasteiger charge is 2.28. The van der Waals surface area contributed by atoms with Crippen LogP contribution in [0, 0.1) is 6.92 Å². The Morgan fingerprint density at radius 2 is 2.04 bits per heavy atom. The average molecular weight is 370 g/mol. The van der Waals surface area contributed by atoms with Crippen molar-refractivity contribution in [2.45, 2.75) is 19.3 Å². The molecule has 1 heterocycles. The van der Waals surface area contributed by atoms with E-state index in [2.05, 4.69) is 10.6 Å². The minimum absolute atomic E-state index is 0.106. The SMILES string of the molecule is CCOc1ccccc1/C=C1\SC(Nc2cc(C)ccc2OC)NC1=O. The topological polar surface area (TPSA) is 59.6 Å². The molecule has 1 saturated heterocycles. The number of anilines is 1. The van der Waals surface area contributed by atoms with Gasteiger partial charge in [0.25, 0.3) is 5.91 Å². The lowest BCUT2D eigenvalue weighted by atomic mass is 10.2. The molecule has 0 spiro atoms. The second kappa shape index (κ2) is 8.19. The van der Waals surface area contributed by atoms with Gasteiger partial charge in [-0.3, -0.25) is 4.79 Å². The van der Waals surface area contributed by atoms with Crippen LogP contribution in [-0.2, 0) is 4.79 Å². The Bertz CT molecular complexity index is 836. The molecule has 3 rings (SSSR count). The third-order valence-electron chi connectivity index (χ3n) is 3.88. The third kappa shape index (κ3) is 4.14. The van der Waals surface area contributed by atoms with Gasteiger partial charge in [-0.05, 0) is 43.7 Å². The number of benzene rings is 2. The number of methoxy groups -OCH3 is 1.